The summed E-state index contributed by atoms with van der Waals surface area (Å²) in [5.41, 5.74) is 8.26. The maximum Gasteiger partial charge on any atom is 0.0520 e. The summed E-state index contributed by atoms with van der Waals surface area (Å²) in [6.07, 6.45) is 1.83. The lowest BCUT2D eigenvalue weighted by Crippen LogP contribution is -2.14. The molecule has 0 saturated heterocycles. The van der Waals surface area contributed by atoms with E-state index < -0.39 is 0 Å². The van der Waals surface area contributed by atoms with Gasteiger partial charge in [0, 0.05) is 35.9 Å². The van der Waals surface area contributed by atoms with Crippen molar-refractivity contribution in [1.82, 2.24) is 9.78 Å². The fourth-order valence-corrected chi connectivity index (χ4v) is 3.53. The zero-order chi connectivity index (χ0) is 11.7. The highest BCUT2D eigenvalue weighted by Crippen LogP contribution is 2.39. The van der Waals surface area contributed by atoms with Crippen LogP contribution in [0, 0.1) is 0 Å². The van der Waals surface area contributed by atoms with E-state index in [1.807, 2.05) is 28.7 Å². The fourth-order valence-electron chi connectivity index (χ4n) is 2.29. The van der Waals surface area contributed by atoms with Crippen molar-refractivity contribution in [3.63, 3.8) is 0 Å². The number of nitrogens with zero attached hydrogens (tertiary/aromatic N) is 2. The van der Waals surface area contributed by atoms with Gasteiger partial charge in [0.05, 0.1) is 5.69 Å². The molecule has 2 N–H and O–H groups in total. The van der Waals surface area contributed by atoms with Crippen LogP contribution < -0.4 is 5.73 Å². The van der Waals surface area contributed by atoms with Crippen LogP contribution in [-0.2, 0) is 13.1 Å². The van der Waals surface area contributed by atoms with Crippen molar-refractivity contribution in [2.45, 2.75) is 23.9 Å². The number of fused-ring (bicyclic) bond motifs is 1. The van der Waals surface area contributed by atoms with Gasteiger partial charge in [-0.05, 0) is 17.7 Å². The van der Waals surface area contributed by atoms with Gasteiger partial charge in [0.1, 0.15) is 0 Å². The Hall–Kier alpha value is -1.26. The summed E-state index contributed by atoms with van der Waals surface area (Å²) < 4.78 is 2.04. The Balaban J connectivity index is 1.84. The van der Waals surface area contributed by atoms with Crippen LogP contribution in [0.1, 0.15) is 17.2 Å². The van der Waals surface area contributed by atoms with E-state index in [9.17, 15) is 0 Å². The van der Waals surface area contributed by atoms with E-state index in [2.05, 4.69) is 29.4 Å². The molecule has 2 heterocycles. The standard InChI is InChI=1S/C13H15N3S/c14-7-11-5-6-15-16(11)8-10-9-17-13-4-2-1-3-12(10)13/h1-6,10H,7-9,14H2. The van der Waals surface area contributed by atoms with Crippen LogP contribution in [0.2, 0.25) is 0 Å². The monoisotopic (exact) mass is 245 g/mol. The van der Waals surface area contributed by atoms with E-state index in [-0.39, 0.29) is 0 Å². The average Bonchev–Trinajstić information content (AvgIpc) is 2.97. The lowest BCUT2D eigenvalue weighted by molar-refractivity contribution is 0.529. The molecule has 0 spiro atoms. The molecule has 1 aromatic heterocycles. The van der Waals surface area contributed by atoms with E-state index in [1.54, 1.807) is 0 Å². The SMILES string of the molecule is NCc1ccnn1CC1CSc2ccccc21. The molecule has 0 fully saturated rings. The Bertz CT molecular complexity index is 521. The van der Waals surface area contributed by atoms with E-state index in [0.29, 0.717) is 12.5 Å². The molecule has 1 atom stereocenters. The van der Waals surface area contributed by atoms with Crippen molar-refractivity contribution in [2.75, 3.05) is 5.75 Å². The molecule has 1 unspecified atom stereocenters. The lowest BCUT2D eigenvalue weighted by atomic mass is 10.0. The predicted molar refractivity (Wildman–Crippen MR) is 70.0 cm³/mol. The highest BCUT2D eigenvalue weighted by atomic mass is 32.2. The molecular formula is C13H15N3S. The molecule has 0 bridgehead atoms. The molecule has 3 nitrogen and oxygen atoms in total. The van der Waals surface area contributed by atoms with Crippen LogP contribution in [0.4, 0.5) is 0 Å². The number of aromatic nitrogens is 2. The molecule has 3 rings (SSSR count). The minimum atomic E-state index is 0.557. The molecule has 1 aromatic carbocycles. The van der Waals surface area contributed by atoms with Gasteiger partial charge in [-0.25, -0.2) is 0 Å². The van der Waals surface area contributed by atoms with Crippen LogP contribution in [0.3, 0.4) is 0 Å². The van der Waals surface area contributed by atoms with Gasteiger partial charge in [-0.15, -0.1) is 11.8 Å². The summed E-state index contributed by atoms with van der Waals surface area (Å²) in [6.45, 7) is 1.49. The Kier molecular flexibility index (Phi) is 2.91. The second kappa shape index (κ2) is 4.55. The number of thioether (sulfide) groups is 1. The summed E-state index contributed by atoms with van der Waals surface area (Å²) in [5, 5.41) is 4.35. The number of rotatable bonds is 3. The predicted octanol–water partition coefficient (Wildman–Crippen LogP) is 2.23. The normalized spacial score (nSPS) is 18.3. The van der Waals surface area contributed by atoms with Gasteiger partial charge in [0.2, 0.25) is 0 Å². The second-order valence-corrected chi connectivity index (χ2v) is 5.32. The molecule has 4 heteroatoms. The number of benzene rings is 1. The largest absolute Gasteiger partial charge is 0.325 e. The molecule has 88 valence electrons. The molecule has 1 aliphatic heterocycles. The van der Waals surface area contributed by atoms with Crippen molar-refractivity contribution in [3.8, 4) is 0 Å². The topological polar surface area (TPSA) is 43.8 Å². The van der Waals surface area contributed by atoms with Crippen molar-refractivity contribution in [2.24, 2.45) is 5.73 Å². The van der Waals surface area contributed by atoms with Crippen LogP contribution in [0.5, 0.6) is 0 Å². The van der Waals surface area contributed by atoms with Crippen molar-refractivity contribution < 1.29 is 0 Å². The van der Waals surface area contributed by atoms with Gasteiger partial charge in [-0.1, -0.05) is 18.2 Å². The minimum Gasteiger partial charge on any atom is -0.325 e. The maximum absolute atomic E-state index is 5.70. The van der Waals surface area contributed by atoms with Crippen molar-refractivity contribution in [1.29, 1.82) is 0 Å². The third-order valence-electron chi connectivity index (χ3n) is 3.21. The van der Waals surface area contributed by atoms with E-state index >= 15 is 0 Å². The highest BCUT2D eigenvalue weighted by Gasteiger charge is 2.23. The van der Waals surface area contributed by atoms with Gasteiger partial charge in [-0.2, -0.15) is 5.10 Å². The fraction of sp³-hybridized carbons (Fsp3) is 0.308. The summed E-state index contributed by atoms with van der Waals surface area (Å²) in [7, 11) is 0. The van der Waals surface area contributed by atoms with Crippen molar-refractivity contribution in [3.05, 3.63) is 47.8 Å². The average molecular weight is 245 g/mol. The van der Waals surface area contributed by atoms with E-state index in [4.69, 9.17) is 5.73 Å². The van der Waals surface area contributed by atoms with Crippen molar-refractivity contribution >= 4 is 11.8 Å². The quantitative estimate of drug-likeness (QED) is 0.902. The van der Waals surface area contributed by atoms with Gasteiger partial charge in [0.25, 0.3) is 0 Å². The Morgan fingerprint density at radius 3 is 3.12 bits per heavy atom. The molecule has 17 heavy (non-hydrogen) atoms. The number of hydrogen-bond donors (Lipinski definition) is 1. The minimum absolute atomic E-state index is 0.557. The molecule has 0 saturated carbocycles. The maximum atomic E-state index is 5.70. The molecule has 0 aliphatic carbocycles. The molecular weight excluding hydrogens is 230 g/mol. The van der Waals surface area contributed by atoms with Crippen LogP contribution in [0.15, 0.2) is 41.4 Å². The first-order valence-electron chi connectivity index (χ1n) is 5.81. The Morgan fingerprint density at radius 2 is 2.24 bits per heavy atom. The van der Waals surface area contributed by atoms with Gasteiger partial charge < -0.3 is 5.73 Å². The first-order chi connectivity index (χ1) is 8.38. The lowest BCUT2D eigenvalue weighted by Gasteiger charge is -2.12. The Labute approximate surface area is 105 Å². The molecule has 0 radical (unpaired) electrons. The molecule has 1 aliphatic rings. The van der Waals surface area contributed by atoms with E-state index in [0.717, 1.165) is 18.0 Å². The van der Waals surface area contributed by atoms with Crippen LogP contribution >= 0.6 is 11.8 Å². The number of hydrogen-bond acceptors (Lipinski definition) is 3. The molecule has 0 amide bonds. The first-order valence-corrected chi connectivity index (χ1v) is 6.79. The number of nitrogens with two attached hydrogens (primary N) is 1. The van der Waals surface area contributed by atoms with E-state index in [1.165, 1.54) is 10.5 Å². The van der Waals surface area contributed by atoms with Crippen LogP contribution in [-0.4, -0.2) is 15.5 Å². The zero-order valence-electron chi connectivity index (χ0n) is 9.54. The first kappa shape index (κ1) is 10.9. The summed E-state index contributed by atoms with van der Waals surface area (Å²) in [5.74, 6) is 1.70. The summed E-state index contributed by atoms with van der Waals surface area (Å²) >= 11 is 1.94. The zero-order valence-corrected chi connectivity index (χ0v) is 10.4. The smallest absolute Gasteiger partial charge is 0.0520 e. The van der Waals surface area contributed by atoms with Gasteiger partial charge >= 0.3 is 0 Å². The van der Waals surface area contributed by atoms with Crippen LogP contribution in [0.25, 0.3) is 0 Å². The Morgan fingerprint density at radius 1 is 1.35 bits per heavy atom. The van der Waals surface area contributed by atoms with Gasteiger partial charge in [-0.3, -0.25) is 4.68 Å². The second-order valence-electron chi connectivity index (χ2n) is 4.25. The third kappa shape index (κ3) is 1.98. The molecule has 2 aromatic rings. The van der Waals surface area contributed by atoms with Gasteiger partial charge in [0.15, 0.2) is 0 Å². The third-order valence-corrected chi connectivity index (χ3v) is 4.46. The highest BCUT2D eigenvalue weighted by molar-refractivity contribution is 7.99. The summed E-state index contributed by atoms with van der Waals surface area (Å²) in [6, 6.07) is 10.6. The summed E-state index contributed by atoms with van der Waals surface area (Å²) in [4.78, 5) is 1.42.